The van der Waals surface area contributed by atoms with Crippen molar-refractivity contribution in [2.45, 2.75) is 31.8 Å². The minimum absolute atomic E-state index is 0.181. The van der Waals surface area contributed by atoms with Gasteiger partial charge in [0.05, 0.1) is 17.2 Å². The number of aliphatic hydroxyl groups excluding tert-OH is 1. The average molecular weight is 390 g/mol. The summed E-state index contributed by atoms with van der Waals surface area (Å²) in [4.78, 5) is 0.634. The molecular weight excluding hydrogens is 374 g/mol. The fourth-order valence-electron chi connectivity index (χ4n) is 2.11. The second-order valence-corrected chi connectivity index (χ2v) is 8.09. The molecule has 4 nitrogen and oxygen atoms in total. The molecule has 1 aromatic carbocycles. The summed E-state index contributed by atoms with van der Waals surface area (Å²) in [6.45, 7) is 3.41. The van der Waals surface area contributed by atoms with Crippen LogP contribution >= 0.6 is 27.3 Å². The Hall–Kier alpha value is -0.890. The number of benzene rings is 1. The molecule has 0 atom stereocenters. The van der Waals surface area contributed by atoms with Gasteiger partial charge in [0.2, 0.25) is 0 Å². The van der Waals surface area contributed by atoms with Crippen LogP contribution in [0, 0.1) is 6.92 Å². The van der Waals surface area contributed by atoms with Crippen LogP contribution in [0.2, 0.25) is 0 Å². The molecule has 0 aliphatic rings. The first-order valence-electron chi connectivity index (χ1n) is 6.38. The summed E-state index contributed by atoms with van der Waals surface area (Å²) in [5, 5.41) is 11.0. The lowest BCUT2D eigenvalue weighted by Gasteiger charge is -2.13. The summed E-state index contributed by atoms with van der Waals surface area (Å²) in [5.41, 5.74) is 2.12. The van der Waals surface area contributed by atoms with Gasteiger partial charge in [-0.25, -0.2) is 8.42 Å². The summed E-state index contributed by atoms with van der Waals surface area (Å²) < 4.78 is 28.7. The molecule has 1 aromatic heterocycles. The first kappa shape index (κ1) is 16.5. The predicted molar refractivity (Wildman–Crippen MR) is 89.3 cm³/mol. The smallest absolute Gasteiger partial charge is 0.263 e. The van der Waals surface area contributed by atoms with Crippen molar-refractivity contribution >= 4 is 43.0 Å². The number of nitrogens with one attached hydrogen (secondary N) is 1. The quantitative estimate of drug-likeness (QED) is 0.819. The van der Waals surface area contributed by atoms with Crippen LogP contribution in [0.4, 0.5) is 5.69 Å². The molecule has 2 aromatic rings. The Kier molecular flexibility index (Phi) is 5.08. The van der Waals surface area contributed by atoms with E-state index in [1.807, 2.05) is 13.0 Å². The molecule has 0 saturated carbocycles. The summed E-state index contributed by atoms with van der Waals surface area (Å²) >= 11 is 4.63. The standard InChI is InChI=1S/C14H16BrNO3S2/c1-3-10-6-11(15)4-5-12(10)16-21(18,19)14-9(2)8-20-13(14)7-17/h4-6,8,16-17H,3,7H2,1-2H3. The molecule has 0 bridgehead atoms. The van der Waals surface area contributed by atoms with Crippen LogP contribution < -0.4 is 4.72 Å². The summed E-state index contributed by atoms with van der Waals surface area (Å²) in [6.07, 6.45) is 0.715. The van der Waals surface area contributed by atoms with E-state index < -0.39 is 10.0 Å². The van der Waals surface area contributed by atoms with E-state index in [-0.39, 0.29) is 11.5 Å². The maximum Gasteiger partial charge on any atom is 0.263 e. The van der Waals surface area contributed by atoms with Crippen molar-refractivity contribution in [1.29, 1.82) is 0 Å². The van der Waals surface area contributed by atoms with Crippen LogP contribution in [0.1, 0.15) is 22.9 Å². The third-order valence-electron chi connectivity index (χ3n) is 3.09. The van der Waals surface area contributed by atoms with Crippen molar-refractivity contribution in [2.75, 3.05) is 4.72 Å². The third kappa shape index (κ3) is 3.48. The normalized spacial score (nSPS) is 11.6. The zero-order valence-electron chi connectivity index (χ0n) is 11.7. The molecule has 0 fully saturated rings. The molecule has 2 rings (SSSR count). The van der Waals surface area contributed by atoms with Crippen molar-refractivity contribution in [1.82, 2.24) is 0 Å². The average Bonchev–Trinajstić information content (AvgIpc) is 2.82. The number of hydrogen-bond acceptors (Lipinski definition) is 4. The van der Waals surface area contributed by atoms with Crippen molar-refractivity contribution in [2.24, 2.45) is 0 Å². The van der Waals surface area contributed by atoms with Gasteiger partial charge in [-0.05, 0) is 48.1 Å². The van der Waals surface area contributed by atoms with E-state index in [1.54, 1.807) is 24.4 Å². The van der Waals surface area contributed by atoms with Gasteiger partial charge < -0.3 is 5.11 Å². The zero-order valence-corrected chi connectivity index (χ0v) is 14.9. The highest BCUT2D eigenvalue weighted by atomic mass is 79.9. The van der Waals surface area contributed by atoms with Gasteiger partial charge in [-0.1, -0.05) is 22.9 Å². The summed E-state index contributed by atoms with van der Waals surface area (Å²) in [5.74, 6) is 0. The van der Waals surface area contributed by atoms with E-state index in [2.05, 4.69) is 20.7 Å². The van der Waals surface area contributed by atoms with E-state index in [9.17, 15) is 13.5 Å². The van der Waals surface area contributed by atoms with E-state index in [4.69, 9.17) is 0 Å². The highest BCUT2D eigenvalue weighted by Gasteiger charge is 2.23. The van der Waals surface area contributed by atoms with Crippen molar-refractivity contribution < 1.29 is 13.5 Å². The molecular formula is C14H16BrNO3S2. The molecule has 1 heterocycles. The van der Waals surface area contributed by atoms with E-state index in [0.717, 1.165) is 10.0 Å². The van der Waals surface area contributed by atoms with Crippen LogP contribution in [0.3, 0.4) is 0 Å². The molecule has 2 N–H and O–H groups in total. The molecule has 7 heteroatoms. The maximum atomic E-state index is 12.6. The van der Waals surface area contributed by atoms with Gasteiger partial charge in [-0.3, -0.25) is 4.72 Å². The second-order valence-electron chi connectivity index (χ2n) is 4.59. The Morgan fingerprint density at radius 2 is 2.10 bits per heavy atom. The Morgan fingerprint density at radius 1 is 1.38 bits per heavy atom. The van der Waals surface area contributed by atoms with Crippen LogP contribution in [0.25, 0.3) is 0 Å². The van der Waals surface area contributed by atoms with Gasteiger partial charge in [0.15, 0.2) is 0 Å². The Morgan fingerprint density at radius 3 is 2.71 bits per heavy atom. The molecule has 0 aliphatic heterocycles. The molecule has 21 heavy (non-hydrogen) atoms. The number of rotatable bonds is 5. The summed E-state index contributed by atoms with van der Waals surface area (Å²) in [7, 11) is -3.70. The predicted octanol–water partition coefficient (Wildman–Crippen LogP) is 3.67. The Bertz CT molecular complexity index is 754. The van der Waals surface area contributed by atoms with E-state index in [0.29, 0.717) is 22.5 Å². The number of anilines is 1. The lowest BCUT2D eigenvalue weighted by Crippen LogP contribution is -2.16. The minimum Gasteiger partial charge on any atom is -0.391 e. The fraction of sp³-hybridized carbons (Fsp3) is 0.286. The fourth-order valence-corrected chi connectivity index (χ4v) is 5.28. The SMILES string of the molecule is CCc1cc(Br)ccc1NS(=O)(=O)c1c(C)csc1CO. The zero-order chi connectivity index (χ0) is 15.6. The Labute approximate surface area is 137 Å². The van der Waals surface area contributed by atoms with Gasteiger partial charge in [-0.15, -0.1) is 11.3 Å². The van der Waals surface area contributed by atoms with Crippen molar-refractivity contribution in [3.05, 3.63) is 44.1 Å². The van der Waals surface area contributed by atoms with Crippen LogP contribution in [-0.2, 0) is 23.1 Å². The first-order chi connectivity index (χ1) is 9.89. The van der Waals surface area contributed by atoms with E-state index >= 15 is 0 Å². The number of sulfonamides is 1. The molecule has 114 valence electrons. The van der Waals surface area contributed by atoms with Crippen molar-refractivity contribution in [3.8, 4) is 0 Å². The van der Waals surface area contributed by atoms with Crippen molar-refractivity contribution in [3.63, 3.8) is 0 Å². The van der Waals surface area contributed by atoms with Crippen LogP contribution in [0.5, 0.6) is 0 Å². The topological polar surface area (TPSA) is 66.4 Å². The number of aryl methyl sites for hydroxylation is 2. The molecule has 0 saturated heterocycles. The molecule has 0 unspecified atom stereocenters. The number of hydrogen-bond donors (Lipinski definition) is 2. The number of halogens is 1. The number of thiophene rings is 1. The molecule has 0 amide bonds. The monoisotopic (exact) mass is 389 g/mol. The highest BCUT2D eigenvalue weighted by molar-refractivity contribution is 9.10. The lowest BCUT2D eigenvalue weighted by atomic mass is 10.1. The lowest BCUT2D eigenvalue weighted by molar-refractivity contribution is 0.282. The van der Waals surface area contributed by atoms with Gasteiger partial charge in [0.1, 0.15) is 4.90 Å². The van der Waals surface area contributed by atoms with Crippen LogP contribution in [0.15, 0.2) is 32.9 Å². The number of aliphatic hydroxyl groups is 1. The van der Waals surface area contributed by atoms with Gasteiger partial charge in [-0.2, -0.15) is 0 Å². The van der Waals surface area contributed by atoms with Gasteiger partial charge in [0.25, 0.3) is 10.0 Å². The molecule has 0 aliphatic carbocycles. The molecule has 0 radical (unpaired) electrons. The minimum atomic E-state index is -3.70. The molecule has 0 spiro atoms. The highest BCUT2D eigenvalue weighted by Crippen LogP contribution is 2.30. The summed E-state index contributed by atoms with van der Waals surface area (Å²) in [6, 6.07) is 5.43. The maximum absolute atomic E-state index is 12.6. The van der Waals surface area contributed by atoms with Gasteiger partial charge in [0, 0.05) is 4.47 Å². The Balaban J connectivity index is 2.45. The van der Waals surface area contributed by atoms with E-state index in [1.165, 1.54) is 11.3 Å². The first-order valence-corrected chi connectivity index (χ1v) is 9.53. The third-order valence-corrected chi connectivity index (χ3v) is 6.40. The van der Waals surface area contributed by atoms with Crippen LogP contribution in [-0.4, -0.2) is 13.5 Å². The van der Waals surface area contributed by atoms with Gasteiger partial charge >= 0.3 is 0 Å². The second kappa shape index (κ2) is 6.48. The largest absolute Gasteiger partial charge is 0.391 e.